The zero-order chi connectivity index (χ0) is 14.7. The van der Waals surface area contributed by atoms with E-state index in [4.69, 9.17) is 4.52 Å². The van der Waals surface area contributed by atoms with Crippen molar-refractivity contribution in [3.8, 4) is 0 Å². The van der Waals surface area contributed by atoms with Gasteiger partial charge in [-0.3, -0.25) is 4.79 Å². The van der Waals surface area contributed by atoms with E-state index in [-0.39, 0.29) is 5.91 Å². The molecule has 1 aromatic carbocycles. The van der Waals surface area contributed by atoms with Crippen LogP contribution in [0.3, 0.4) is 0 Å². The van der Waals surface area contributed by atoms with Gasteiger partial charge in [-0.15, -0.1) is 0 Å². The van der Waals surface area contributed by atoms with E-state index in [0.29, 0.717) is 12.5 Å². The van der Waals surface area contributed by atoms with Crippen molar-refractivity contribution in [3.63, 3.8) is 0 Å². The molecule has 2 heterocycles. The molecule has 5 heteroatoms. The molecule has 0 N–H and O–H groups in total. The Balaban J connectivity index is 1.71. The van der Waals surface area contributed by atoms with Gasteiger partial charge in [0.05, 0.1) is 6.42 Å². The van der Waals surface area contributed by atoms with Gasteiger partial charge in [0.25, 0.3) is 0 Å². The molecule has 2 aromatic rings. The highest BCUT2D eigenvalue weighted by Gasteiger charge is 2.28. The fourth-order valence-electron chi connectivity index (χ4n) is 3.09. The number of fused-ring (bicyclic) bond motifs is 1. The van der Waals surface area contributed by atoms with Crippen molar-refractivity contribution in [2.45, 2.75) is 38.1 Å². The summed E-state index contributed by atoms with van der Waals surface area (Å²) < 4.78 is 5.28. The first-order valence-corrected chi connectivity index (χ1v) is 8.60. The van der Waals surface area contributed by atoms with Crippen molar-refractivity contribution in [3.05, 3.63) is 30.0 Å². The van der Waals surface area contributed by atoms with E-state index in [2.05, 4.69) is 21.1 Å². The molecule has 21 heavy (non-hydrogen) atoms. The molecule has 0 saturated carbocycles. The van der Waals surface area contributed by atoms with Gasteiger partial charge in [0.15, 0.2) is 5.58 Å². The summed E-state index contributed by atoms with van der Waals surface area (Å²) >= 11 is 3.46. The van der Waals surface area contributed by atoms with Crippen molar-refractivity contribution in [2.24, 2.45) is 0 Å². The summed E-state index contributed by atoms with van der Waals surface area (Å²) in [6.07, 6.45) is 4.76. The first-order valence-electron chi connectivity index (χ1n) is 7.48. The number of hydrogen-bond acceptors (Lipinski definition) is 3. The van der Waals surface area contributed by atoms with Crippen molar-refractivity contribution >= 4 is 32.8 Å². The van der Waals surface area contributed by atoms with Crippen LogP contribution in [0.2, 0.25) is 0 Å². The van der Waals surface area contributed by atoms with E-state index < -0.39 is 0 Å². The number of para-hydroxylation sites is 1. The maximum absolute atomic E-state index is 12.6. The summed E-state index contributed by atoms with van der Waals surface area (Å²) in [6.45, 7) is 0.877. The van der Waals surface area contributed by atoms with E-state index in [1.165, 1.54) is 0 Å². The summed E-state index contributed by atoms with van der Waals surface area (Å²) in [5.74, 6) is 0.172. The summed E-state index contributed by atoms with van der Waals surface area (Å²) in [6, 6.07) is 8.09. The Morgan fingerprint density at radius 1 is 1.43 bits per heavy atom. The van der Waals surface area contributed by atoms with Gasteiger partial charge in [-0.05, 0) is 37.8 Å². The number of amides is 1. The minimum Gasteiger partial charge on any atom is -0.356 e. The molecule has 1 saturated heterocycles. The van der Waals surface area contributed by atoms with Gasteiger partial charge in [0.1, 0.15) is 5.69 Å². The molecule has 0 radical (unpaired) electrons. The van der Waals surface area contributed by atoms with Gasteiger partial charge < -0.3 is 9.42 Å². The van der Waals surface area contributed by atoms with Gasteiger partial charge >= 0.3 is 0 Å². The summed E-state index contributed by atoms with van der Waals surface area (Å²) in [5, 5.41) is 6.01. The van der Waals surface area contributed by atoms with Crippen LogP contribution < -0.4 is 0 Å². The van der Waals surface area contributed by atoms with Crippen LogP contribution in [0.15, 0.2) is 28.8 Å². The second-order valence-electron chi connectivity index (χ2n) is 5.52. The SMILES string of the molecule is O=C(Cc1noc2ccccc12)N1CCCC1CCCBr. The molecule has 1 aromatic heterocycles. The summed E-state index contributed by atoms with van der Waals surface area (Å²) in [7, 11) is 0. The molecule has 3 rings (SSSR count). The van der Waals surface area contributed by atoms with Crippen molar-refractivity contribution in [2.75, 3.05) is 11.9 Å². The van der Waals surface area contributed by atoms with E-state index in [1.807, 2.05) is 29.2 Å². The lowest BCUT2D eigenvalue weighted by atomic mass is 10.1. The average molecular weight is 351 g/mol. The second-order valence-corrected chi connectivity index (χ2v) is 6.31. The third kappa shape index (κ3) is 3.12. The zero-order valence-corrected chi connectivity index (χ0v) is 13.5. The molecular weight excluding hydrogens is 332 g/mol. The Labute approximate surface area is 132 Å². The minimum atomic E-state index is 0.172. The van der Waals surface area contributed by atoms with Gasteiger partial charge in [-0.25, -0.2) is 0 Å². The Bertz CT molecular complexity index is 626. The maximum Gasteiger partial charge on any atom is 0.228 e. The Morgan fingerprint density at radius 3 is 3.14 bits per heavy atom. The Morgan fingerprint density at radius 2 is 2.29 bits per heavy atom. The number of carbonyl (C=O) groups excluding carboxylic acids is 1. The first-order chi connectivity index (χ1) is 10.3. The normalized spacial score (nSPS) is 18.5. The van der Waals surface area contributed by atoms with Crippen LogP contribution in [0.1, 0.15) is 31.4 Å². The summed E-state index contributed by atoms with van der Waals surface area (Å²) in [5.41, 5.74) is 1.50. The monoisotopic (exact) mass is 350 g/mol. The molecule has 1 amide bonds. The minimum absolute atomic E-state index is 0.172. The maximum atomic E-state index is 12.6. The van der Waals surface area contributed by atoms with Gasteiger partial charge in [-0.2, -0.15) is 0 Å². The summed E-state index contributed by atoms with van der Waals surface area (Å²) in [4.78, 5) is 14.6. The molecule has 0 bridgehead atoms. The molecule has 1 fully saturated rings. The van der Waals surface area contributed by atoms with Crippen LogP contribution in [0.5, 0.6) is 0 Å². The first kappa shape index (κ1) is 14.6. The van der Waals surface area contributed by atoms with E-state index in [1.54, 1.807) is 0 Å². The number of carbonyl (C=O) groups is 1. The number of alkyl halides is 1. The van der Waals surface area contributed by atoms with E-state index in [0.717, 1.165) is 54.2 Å². The van der Waals surface area contributed by atoms with Crippen molar-refractivity contribution < 1.29 is 9.32 Å². The third-order valence-electron chi connectivity index (χ3n) is 4.14. The molecule has 0 spiro atoms. The van der Waals surface area contributed by atoms with Crippen molar-refractivity contribution in [1.29, 1.82) is 0 Å². The molecule has 4 nitrogen and oxygen atoms in total. The van der Waals surface area contributed by atoms with Crippen molar-refractivity contribution in [1.82, 2.24) is 10.1 Å². The lowest BCUT2D eigenvalue weighted by molar-refractivity contribution is -0.131. The molecule has 1 atom stereocenters. The zero-order valence-electron chi connectivity index (χ0n) is 11.9. The number of halogens is 1. The van der Waals surface area contributed by atoms with Crippen LogP contribution >= 0.6 is 15.9 Å². The van der Waals surface area contributed by atoms with E-state index in [9.17, 15) is 4.79 Å². The molecular formula is C16H19BrN2O2. The molecule has 1 aliphatic rings. The Hall–Kier alpha value is -1.36. The number of hydrogen-bond donors (Lipinski definition) is 0. The predicted octanol–water partition coefficient (Wildman–Crippen LogP) is 3.54. The quantitative estimate of drug-likeness (QED) is 0.774. The topological polar surface area (TPSA) is 46.3 Å². The molecule has 0 aliphatic carbocycles. The second kappa shape index (κ2) is 6.60. The molecule has 1 unspecified atom stereocenters. The smallest absolute Gasteiger partial charge is 0.228 e. The average Bonchev–Trinajstić information content (AvgIpc) is 3.12. The third-order valence-corrected chi connectivity index (χ3v) is 4.70. The largest absolute Gasteiger partial charge is 0.356 e. The standard InChI is InChI=1S/C16H19BrN2O2/c17-9-3-5-12-6-4-10-19(12)16(20)11-14-13-7-1-2-8-15(13)21-18-14/h1-2,7-8,12H,3-6,9-11H2. The number of benzene rings is 1. The molecule has 1 aliphatic heterocycles. The lowest BCUT2D eigenvalue weighted by Crippen LogP contribution is -2.36. The highest BCUT2D eigenvalue weighted by atomic mass is 79.9. The lowest BCUT2D eigenvalue weighted by Gasteiger charge is -2.24. The van der Waals surface area contributed by atoms with Gasteiger partial charge in [0, 0.05) is 23.3 Å². The predicted molar refractivity (Wildman–Crippen MR) is 85.5 cm³/mol. The van der Waals surface area contributed by atoms with Gasteiger partial charge in [0.2, 0.25) is 5.91 Å². The highest BCUT2D eigenvalue weighted by Crippen LogP contribution is 2.24. The van der Waals surface area contributed by atoms with Crippen LogP contribution in [0.25, 0.3) is 11.0 Å². The number of aromatic nitrogens is 1. The number of nitrogens with zero attached hydrogens (tertiary/aromatic N) is 2. The van der Waals surface area contributed by atoms with Crippen LogP contribution in [0.4, 0.5) is 0 Å². The van der Waals surface area contributed by atoms with E-state index >= 15 is 0 Å². The van der Waals surface area contributed by atoms with Crippen LogP contribution in [-0.4, -0.2) is 33.9 Å². The molecule has 112 valence electrons. The highest BCUT2D eigenvalue weighted by molar-refractivity contribution is 9.09. The van der Waals surface area contributed by atoms with Crippen LogP contribution in [-0.2, 0) is 11.2 Å². The van der Waals surface area contributed by atoms with Gasteiger partial charge in [-0.1, -0.05) is 33.2 Å². The Kier molecular flexibility index (Phi) is 4.58. The fraction of sp³-hybridized carbons (Fsp3) is 0.500. The van der Waals surface area contributed by atoms with Crippen LogP contribution in [0, 0.1) is 0 Å². The number of rotatable bonds is 5. The fourth-order valence-corrected chi connectivity index (χ4v) is 3.41. The number of likely N-dealkylation sites (tertiary alicyclic amines) is 1.